The van der Waals surface area contributed by atoms with Gasteiger partial charge in [-0.3, -0.25) is 0 Å². The van der Waals surface area contributed by atoms with E-state index in [1.54, 1.807) is 6.07 Å². The van der Waals surface area contributed by atoms with Crippen molar-refractivity contribution in [3.63, 3.8) is 0 Å². The number of benzene rings is 1. The predicted molar refractivity (Wildman–Crippen MR) is 67.3 cm³/mol. The molecule has 1 fully saturated rings. The molecule has 2 nitrogen and oxygen atoms in total. The molecule has 1 atom stereocenters. The van der Waals surface area contributed by atoms with Crippen LogP contribution < -0.4 is 5.32 Å². The second kappa shape index (κ2) is 4.64. The van der Waals surface area contributed by atoms with Gasteiger partial charge in [-0.1, -0.05) is 11.6 Å². The molecule has 88 valence electrons. The van der Waals surface area contributed by atoms with Crippen LogP contribution in [0.5, 0.6) is 5.75 Å². The van der Waals surface area contributed by atoms with E-state index < -0.39 is 0 Å². The van der Waals surface area contributed by atoms with Crippen LogP contribution in [0.2, 0.25) is 5.02 Å². The van der Waals surface area contributed by atoms with E-state index in [9.17, 15) is 5.11 Å². The SMILES string of the molecule is Cc1cc(O)c(CC2CCCN2)c(C)c1Cl. The van der Waals surface area contributed by atoms with Crippen LogP contribution in [0.3, 0.4) is 0 Å². The van der Waals surface area contributed by atoms with Crippen LogP contribution in [-0.2, 0) is 6.42 Å². The van der Waals surface area contributed by atoms with E-state index in [0.29, 0.717) is 11.8 Å². The van der Waals surface area contributed by atoms with Crippen LogP contribution in [-0.4, -0.2) is 17.7 Å². The third-order valence-electron chi connectivity index (χ3n) is 3.40. The van der Waals surface area contributed by atoms with E-state index in [0.717, 1.165) is 34.7 Å². The van der Waals surface area contributed by atoms with Gasteiger partial charge in [0.05, 0.1) is 0 Å². The van der Waals surface area contributed by atoms with Crippen molar-refractivity contribution in [2.75, 3.05) is 6.54 Å². The molecule has 0 amide bonds. The number of phenolic OH excluding ortho intramolecular Hbond substituents is 1. The average Bonchev–Trinajstić information content (AvgIpc) is 2.74. The van der Waals surface area contributed by atoms with Crippen LogP contribution in [0.25, 0.3) is 0 Å². The van der Waals surface area contributed by atoms with E-state index in [4.69, 9.17) is 11.6 Å². The van der Waals surface area contributed by atoms with Crippen molar-refractivity contribution < 1.29 is 5.11 Å². The standard InChI is InChI=1S/C13H18ClNO/c1-8-6-12(16)11(9(2)13(8)14)7-10-4-3-5-15-10/h6,10,15-16H,3-5,7H2,1-2H3. The third kappa shape index (κ3) is 2.18. The molecule has 1 aliphatic rings. The second-order valence-corrected chi connectivity index (χ2v) is 5.01. The molecule has 0 bridgehead atoms. The lowest BCUT2D eigenvalue weighted by Gasteiger charge is -2.16. The Balaban J connectivity index is 2.28. The zero-order chi connectivity index (χ0) is 11.7. The number of hydrogen-bond acceptors (Lipinski definition) is 2. The topological polar surface area (TPSA) is 32.3 Å². The minimum Gasteiger partial charge on any atom is -0.508 e. The number of phenols is 1. The molecule has 0 aromatic heterocycles. The quantitative estimate of drug-likeness (QED) is 0.832. The molecule has 2 N–H and O–H groups in total. The first-order valence-electron chi connectivity index (χ1n) is 5.80. The maximum absolute atomic E-state index is 9.97. The summed E-state index contributed by atoms with van der Waals surface area (Å²) in [4.78, 5) is 0. The molecule has 1 saturated heterocycles. The number of halogens is 1. The molecule has 0 saturated carbocycles. The van der Waals surface area contributed by atoms with E-state index in [-0.39, 0.29) is 0 Å². The molecule has 1 aromatic carbocycles. The first-order valence-corrected chi connectivity index (χ1v) is 6.18. The van der Waals surface area contributed by atoms with Crippen LogP contribution >= 0.6 is 11.6 Å². The van der Waals surface area contributed by atoms with Crippen molar-refractivity contribution in [1.82, 2.24) is 5.32 Å². The lowest BCUT2D eigenvalue weighted by Crippen LogP contribution is -2.24. The highest BCUT2D eigenvalue weighted by molar-refractivity contribution is 6.32. The Morgan fingerprint density at radius 1 is 1.50 bits per heavy atom. The highest BCUT2D eigenvalue weighted by atomic mass is 35.5. The number of hydrogen-bond donors (Lipinski definition) is 2. The van der Waals surface area contributed by atoms with Gasteiger partial charge in [-0.05, 0) is 62.4 Å². The van der Waals surface area contributed by atoms with E-state index >= 15 is 0 Å². The van der Waals surface area contributed by atoms with E-state index in [1.165, 1.54) is 12.8 Å². The van der Waals surface area contributed by atoms with Crippen LogP contribution in [0.4, 0.5) is 0 Å². The summed E-state index contributed by atoms with van der Waals surface area (Å²) in [7, 11) is 0. The Labute approximate surface area is 102 Å². The number of nitrogens with one attached hydrogen (secondary N) is 1. The third-order valence-corrected chi connectivity index (χ3v) is 3.98. The minimum atomic E-state index is 0.382. The second-order valence-electron chi connectivity index (χ2n) is 4.63. The molecule has 16 heavy (non-hydrogen) atoms. The summed E-state index contributed by atoms with van der Waals surface area (Å²) in [5, 5.41) is 14.2. The van der Waals surface area contributed by atoms with Gasteiger partial charge in [0.2, 0.25) is 0 Å². The average molecular weight is 240 g/mol. The van der Waals surface area contributed by atoms with Crippen molar-refractivity contribution in [2.24, 2.45) is 0 Å². The summed E-state index contributed by atoms with van der Waals surface area (Å²) in [6.07, 6.45) is 3.28. The molecule has 3 heteroatoms. The highest BCUT2D eigenvalue weighted by Gasteiger charge is 2.19. The number of aryl methyl sites for hydroxylation is 1. The number of aromatic hydroxyl groups is 1. The molecule has 0 spiro atoms. The molecule has 0 radical (unpaired) electrons. The Morgan fingerprint density at radius 3 is 2.88 bits per heavy atom. The van der Waals surface area contributed by atoms with Crippen LogP contribution in [0.1, 0.15) is 29.5 Å². The summed E-state index contributed by atoms with van der Waals surface area (Å²) in [5.74, 6) is 0.382. The van der Waals surface area contributed by atoms with Gasteiger partial charge in [-0.15, -0.1) is 0 Å². The van der Waals surface area contributed by atoms with Gasteiger partial charge in [-0.25, -0.2) is 0 Å². The molecule has 0 aliphatic carbocycles. The van der Waals surface area contributed by atoms with E-state index in [2.05, 4.69) is 5.32 Å². The Kier molecular flexibility index (Phi) is 3.41. The lowest BCUT2D eigenvalue weighted by molar-refractivity contribution is 0.460. The van der Waals surface area contributed by atoms with Gasteiger partial charge in [0.1, 0.15) is 5.75 Å². The fraction of sp³-hybridized carbons (Fsp3) is 0.538. The van der Waals surface area contributed by atoms with Crippen molar-refractivity contribution in [1.29, 1.82) is 0 Å². The lowest BCUT2D eigenvalue weighted by atomic mass is 9.97. The fourth-order valence-electron chi connectivity index (χ4n) is 2.41. The Morgan fingerprint density at radius 2 is 2.25 bits per heavy atom. The van der Waals surface area contributed by atoms with Gasteiger partial charge < -0.3 is 10.4 Å². The summed E-state index contributed by atoms with van der Waals surface area (Å²) in [5.41, 5.74) is 2.96. The first kappa shape index (κ1) is 11.7. The zero-order valence-corrected chi connectivity index (χ0v) is 10.6. The summed E-state index contributed by atoms with van der Waals surface area (Å²) in [6.45, 7) is 5.00. The molecule has 1 unspecified atom stereocenters. The zero-order valence-electron chi connectivity index (χ0n) is 9.81. The van der Waals surface area contributed by atoms with Crippen molar-refractivity contribution in [2.45, 2.75) is 39.2 Å². The molecule has 1 heterocycles. The normalized spacial score (nSPS) is 20.3. The number of rotatable bonds is 2. The largest absolute Gasteiger partial charge is 0.508 e. The molecule has 1 aromatic rings. The van der Waals surface area contributed by atoms with Crippen molar-refractivity contribution in [3.8, 4) is 5.75 Å². The van der Waals surface area contributed by atoms with Crippen molar-refractivity contribution in [3.05, 3.63) is 27.8 Å². The predicted octanol–water partition coefficient (Wildman–Crippen LogP) is 2.96. The first-order chi connectivity index (χ1) is 7.59. The van der Waals surface area contributed by atoms with Gasteiger partial charge in [0.25, 0.3) is 0 Å². The fourth-order valence-corrected chi connectivity index (χ4v) is 2.58. The maximum atomic E-state index is 9.97. The van der Waals surface area contributed by atoms with Gasteiger partial charge in [-0.2, -0.15) is 0 Å². The van der Waals surface area contributed by atoms with Gasteiger partial charge >= 0.3 is 0 Å². The monoisotopic (exact) mass is 239 g/mol. The van der Waals surface area contributed by atoms with Gasteiger partial charge in [0, 0.05) is 11.1 Å². The minimum absolute atomic E-state index is 0.382. The van der Waals surface area contributed by atoms with Crippen LogP contribution in [0, 0.1) is 13.8 Å². The van der Waals surface area contributed by atoms with Crippen LogP contribution in [0.15, 0.2) is 6.07 Å². The summed E-state index contributed by atoms with van der Waals surface area (Å²) < 4.78 is 0. The Bertz CT molecular complexity index is 397. The highest BCUT2D eigenvalue weighted by Crippen LogP contribution is 2.32. The maximum Gasteiger partial charge on any atom is 0.119 e. The van der Waals surface area contributed by atoms with Gasteiger partial charge in [0.15, 0.2) is 0 Å². The Hall–Kier alpha value is -0.730. The van der Waals surface area contributed by atoms with E-state index in [1.807, 2.05) is 13.8 Å². The smallest absolute Gasteiger partial charge is 0.119 e. The molecular weight excluding hydrogens is 222 g/mol. The molecular formula is C13H18ClNO. The summed E-state index contributed by atoms with van der Waals surface area (Å²) >= 11 is 6.21. The summed E-state index contributed by atoms with van der Waals surface area (Å²) in [6, 6.07) is 2.25. The molecule has 1 aliphatic heterocycles. The van der Waals surface area contributed by atoms with Crippen molar-refractivity contribution >= 4 is 11.6 Å². The molecule has 2 rings (SSSR count).